The van der Waals surface area contributed by atoms with Crippen LogP contribution in [0, 0.1) is 0 Å². The molecule has 0 radical (unpaired) electrons. The number of ether oxygens (including phenoxy) is 6. The standard InChI is InChI=1S/C54H87O14P.Na/c1-3-5-7-9-11-13-15-17-19-21-29-35-51(55)63-43-49(67-53(57)36-30-22-20-18-16-14-12-10-8-6-4-2)45-65-69(59,60)66-46-50(68-54(58)38-40-62-42-48-33-27-24-28-34-48)44-64-52(56)37-39-61-41-47-31-25-23-26-32-47;/h23-28,31-34,49-50H,3-22,29-30,35-46H2,1-2H3,(H,59,60);/q;+1/p-1/t49-,50?;/m1./s1. The van der Waals surface area contributed by atoms with E-state index in [1.807, 2.05) is 60.7 Å². The molecule has 2 aromatic carbocycles. The zero-order chi connectivity index (χ0) is 49.9. The summed E-state index contributed by atoms with van der Waals surface area (Å²) in [5.41, 5.74) is 1.86. The molecule has 0 aromatic heterocycles. The molecule has 0 bridgehead atoms. The fraction of sp³-hybridized carbons (Fsp3) is 0.704. The van der Waals surface area contributed by atoms with E-state index >= 15 is 0 Å². The normalized spacial score (nSPS) is 12.8. The van der Waals surface area contributed by atoms with Gasteiger partial charge >= 0.3 is 53.4 Å². The Balaban J connectivity index is 0.0000245. The van der Waals surface area contributed by atoms with E-state index in [1.54, 1.807) is 0 Å². The number of carbonyl (C=O) groups excluding carboxylic acids is 4. The molecule has 2 aromatic rings. The molecule has 0 fully saturated rings. The summed E-state index contributed by atoms with van der Waals surface area (Å²) in [5, 5.41) is 0. The van der Waals surface area contributed by atoms with Gasteiger partial charge in [-0.3, -0.25) is 23.7 Å². The first-order chi connectivity index (χ1) is 33.6. The van der Waals surface area contributed by atoms with Crippen LogP contribution in [0.4, 0.5) is 0 Å². The van der Waals surface area contributed by atoms with Crippen LogP contribution in [0.5, 0.6) is 0 Å². The average Bonchev–Trinajstić information content (AvgIpc) is 3.35. The summed E-state index contributed by atoms with van der Waals surface area (Å²) >= 11 is 0. The molecule has 0 saturated heterocycles. The quantitative estimate of drug-likeness (QED) is 0.0201. The van der Waals surface area contributed by atoms with Crippen molar-refractivity contribution in [2.45, 2.75) is 206 Å². The molecule has 0 heterocycles. The van der Waals surface area contributed by atoms with Crippen LogP contribution in [0.2, 0.25) is 0 Å². The first kappa shape index (κ1) is 65.4. The van der Waals surface area contributed by atoms with Gasteiger partial charge in [-0.2, -0.15) is 0 Å². The minimum absolute atomic E-state index is 0. The summed E-state index contributed by atoms with van der Waals surface area (Å²) in [7, 11) is -5.14. The van der Waals surface area contributed by atoms with Gasteiger partial charge in [-0.05, 0) is 24.0 Å². The Morgan fingerprint density at radius 3 is 1.14 bits per heavy atom. The van der Waals surface area contributed by atoms with E-state index in [9.17, 15) is 28.6 Å². The smallest absolute Gasteiger partial charge is 0.756 e. The topological polar surface area (TPSA) is 182 Å². The van der Waals surface area contributed by atoms with E-state index in [2.05, 4.69) is 13.8 Å². The van der Waals surface area contributed by atoms with Crippen molar-refractivity contribution in [3.8, 4) is 0 Å². The Hall–Kier alpha value is -2.65. The van der Waals surface area contributed by atoms with Crippen molar-refractivity contribution in [3.63, 3.8) is 0 Å². The number of hydrogen-bond donors (Lipinski definition) is 0. The number of esters is 4. The molecule has 0 aliphatic rings. The van der Waals surface area contributed by atoms with Gasteiger partial charge in [-0.25, -0.2) is 0 Å². The molecule has 2 rings (SSSR count). The second-order valence-corrected chi connectivity index (χ2v) is 19.2. The molecule has 0 aliphatic heterocycles. The third-order valence-corrected chi connectivity index (χ3v) is 12.3. The van der Waals surface area contributed by atoms with Crippen molar-refractivity contribution >= 4 is 31.7 Å². The van der Waals surface area contributed by atoms with Crippen LogP contribution in [0.1, 0.15) is 192 Å². The number of phosphoric ester groups is 1. The Labute approximate surface area is 442 Å². The maximum absolute atomic E-state index is 13.1. The van der Waals surface area contributed by atoms with Crippen molar-refractivity contribution in [2.75, 3.05) is 39.6 Å². The Bertz CT molecular complexity index is 1640. The predicted octanol–water partition coefficient (Wildman–Crippen LogP) is 9.02. The molecule has 392 valence electrons. The predicted molar refractivity (Wildman–Crippen MR) is 265 cm³/mol. The van der Waals surface area contributed by atoms with Gasteiger partial charge in [0.2, 0.25) is 0 Å². The zero-order valence-electron chi connectivity index (χ0n) is 43.1. The number of hydrogen-bond acceptors (Lipinski definition) is 14. The van der Waals surface area contributed by atoms with E-state index in [-0.39, 0.29) is 75.1 Å². The molecule has 0 saturated carbocycles. The second-order valence-electron chi connectivity index (χ2n) is 17.8. The van der Waals surface area contributed by atoms with Crippen LogP contribution < -0.4 is 34.5 Å². The monoisotopic (exact) mass is 1010 g/mol. The molecular formula is C54H86NaO14P. The molecule has 3 atom stereocenters. The average molecular weight is 1010 g/mol. The van der Waals surface area contributed by atoms with E-state index in [4.69, 9.17) is 37.5 Å². The summed E-state index contributed by atoms with van der Waals surface area (Å²) < 4.78 is 56.3. The van der Waals surface area contributed by atoms with Gasteiger partial charge in [-0.1, -0.05) is 203 Å². The van der Waals surface area contributed by atoms with E-state index < -0.39 is 70.3 Å². The summed E-state index contributed by atoms with van der Waals surface area (Å²) in [6.07, 6.45) is 22.3. The van der Waals surface area contributed by atoms with Crippen LogP contribution in [0.25, 0.3) is 0 Å². The molecule has 0 spiro atoms. The molecule has 0 N–H and O–H groups in total. The molecule has 2 unspecified atom stereocenters. The number of benzene rings is 2. The fourth-order valence-corrected chi connectivity index (χ4v) is 8.10. The summed E-state index contributed by atoms with van der Waals surface area (Å²) in [6, 6.07) is 18.8. The SMILES string of the molecule is CCCCCCCCCCCCCC(=O)OC[C@H](COP(=O)([O-])OCC(COC(=O)CCOCc1ccccc1)OC(=O)CCOCc1ccccc1)OC(=O)CCCCCCCCCCCCC.[Na+]. The molecule has 0 aliphatic carbocycles. The maximum atomic E-state index is 13.1. The first-order valence-corrected chi connectivity index (χ1v) is 27.6. The molecule has 0 amide bonds. The zero-order valence-corrected chi connectivity index (χ0v) is 46.0. The number of carbonyl (C=O) groups is 4. The summed E-state index contributed by atoms with van der Waals surface area (Å²) in [6.45, 7) is 2.75. The minimum atomic E-state index is -5.14. The Morgan fingerprint density at radius 2 is 0.757 bits per heavy atom. The van der Waals surface area contributed by atoms with Gasteiger partial charge in [-0.15, -0.1) is 0 Å². The molecular weight excluding hydrogens is 927 g/mol. The second kappa shape index (κ2) is 45.0. The Morgan fingerprint density at radius 1 is 0.443 bits per heavy atom. The van der Waals surface area contributed by atoms with Crippen LogP contribution in [-0.2, 0) is 74.4 Å². The van der Waals surface area contributed by atoms with Gasteiger partial charge in [0, 0.05) is 12.8 Å². The minimum Gasteiger partial charge on any atom is -0.756 e. The van der Waals surface area contributed by atoms with E-state index in [1.165, 1.54) is 89.9 Å². The van der Waals surface area contributed by atoms with Crippen LogP contribution in [-0.4, -0.2) is 75.7 Å². The van der Waals surface area contributed by atoms with Crippen molar-refractivity contribution in [3.05, 3.63) is 71.8 Å². The summed E-state index contributed by atoms with van der Waals surface area (Å²) in [4.78, 5) is 64.1. The van der Waals surface area contributed by atoms with Crippen molar-refractivity contribution in [1.29, 1.82) is 0 Å². The largest absolute Gasteiger partial charge is 1.00 e. The van der Waals surface area contributed by atoms with Crippen LogP contribution in [0.15, 0.2) is 60.7 Å². The number of phosphoric acid groups is 1. The maximum Gasteiger partial charge on any atom is 1.00 e. The van der Waals surface area contributed by atoms with E-state index in [0.29, 0.717) is 19.4 Å². The molecule has 70 heavy (non-hydrogen) atoms. The van der Waals surface area contributed by atoms with Gasteiger partial charge < -0.3 is 42.4 Å². The number of unbranched alkanes of at least 4 members (excludes halogenated alkanes) is 20. The van der Waals surface area contributed by atoms with Crippen LogP contribution in [0.3, 0.4) is 0 Å². The van der Waals surface area contributed by atoms with Gasteiger partial charge in [0.15, 0.2) is 12.2 Å². The third-order valence-electron chi connectivity index (χ3n) is 11.4. The first-order valence-electron chi connectivity index (χ1n) is 26.1. The third kappa shape index (κ3) is 39.0. The van der Waals surface area contributed by atoms with Crippen molar-refractivity contribution in [1.82, 2.24) is 0 Å². The number of rotatable bonds is 46. The van der Waals surface area contributed by atoms with Gasteiger partial charge in [0.25, 0.3) is 7.82 Å². The molecule has 16 heteroatoms. The van der Waals surface area contributed by atoms with Crippen molar-refractivity contribution in [2.24, 2.45) is 0 Å². The van der Waals surface area contributed by atoms with Gasteiger partial charge in [0.1, 0.15) is 13.2 Å². The Kier molecular flexibility index (Phi) is 42.0. The van der Waals surface area contributed by atoms with Crippen molar-refractivity contribution < 1.29 is 95.7 Å². The fourth-order valence-electron chi connectivity index (χ4n) is 7.33. The summed E-state index contributed by atoms with van der Waals surface area (Å²) in [5.74, 6) is -2.44. The van der Waals surface area contributed by atoms with E-state index in [0.717, 1.165) is 49.7 Å². The van der Waals surface area contributed by atoms with Crippen LogP contribution >= 0.6 is 7.82 Å². The van der Waals surface area contributed by atoms with Gasteiger partial charge in [0.05, 0.1) is 52.5 Å². The molecule has 14 nitrogen and oxygen atoms in total.